The average Bonchev–Trinajstić information content (AvgIpc) is 2.12. The lowest BCUT2D eigenvalue weighted by Crippen LogP contribution is -2.56. The van der Waals surface area contributed by atoms with Crippen molar-refractivity contribution in [3.63, 3.8) is 0 Å². The molecule has 0 aromatic rings. The van der Waals surface area contributed by atoms with Crippen LogP contribution in [0.15, 0.2) is 0 Å². The Kier molecular flexibility index (Phi) is 3.70. The Bertz CT molecular complexity index is 284. The number of carbonyl (C=O) groups is 1. The van der Waals surface area contributed by atoms with Gasteiger partial charge >= 0.3 is 0 Å². The number of ether oxygens (including phenoxy) is 2. The molecule has 2 saturated heterocycles. The highest BCUT2D eigenvalue weighted by Gasteiger charge is 2.33. The van der Waals surface area contributed by atoms with Crippen LogP contribution in [0.4, 0.5) is 0 Å². The average molecular weight is 242 g/mol. The third-order valence-electron chi connectivity index (χ3n) is 2.96. The monoisotopic (exact) mass is 242 g/mol. The Morgan fingerprint density at radius 3 is 2.65 bits per heavy atom. The highest BCUT2D eigenvalue weighted by Crippen LogP contribution is 2.17. The van der Waals surface area contributed by atoms with Crippen molar-refractivity contribution in [3.05, 3.63) is 0 Å². The van der Waals surface area contributed by atoms with E-state index in [2.05, 4.69) is 5.32 Å². The minimum Gasteiger partial charge on any atom is -0.349 e. The Hall–Kier alpha value is -0.650. The summed E-state index contributed by atoms with van der Waals surface area (Å²) in [5.41, 5.74) is -0.241. The standard InChI is InChI=1S/C12H22N2O3/c1-12(2,3)17-10-8-14(4-5-16-10)11(15)9-6-13-7-9/h9-10,13H,4-8H2,1-3H3/t10-/m0/s1. The van der Waals surface area contributed by atoms with Crippen LogP contribution in [0.25, 0.3) is 0 Å². The van der Waals surface area contributed by atoms with Crippen LogP contribution in [0.1, 0.15) is 20.8 Å². The largest absolute Gasteiger partial charge is 0.349 e. The molecule has 1 atom stereocenters. The van der Waals surface area contributed by atoms with E-state index in [-0.39, 0.29) is 23.7 Å². The molecule has 1 N–H and O–H groups in total. The van der Waals surface area contributed by atoms with E-state index in [0.29, 0.717) is 19.7 Å². The molecule has 2 heterocycles. The van der Waals surface area contributed by atoms with Crippen molar-refractivity contribution >= 4 is 5.91 Å². The van der Waals surface area contributed by atoms with E-state index >= 15 is 0 Å². The van der Waals surface area contributed by atoms with Crippen LogP contribution in [0.5, 0.6) is 0 Å². The van der Waals surface area contributed by atoms with Crippen LogP contribution < -0.4 is 5.32 Å². The minimum absolute atomic E-state index is 0.156. The SMILES string of the molecule is CC(C)(C)O[C@H]1CN(C(=O)C2CNC2)CCO1. The van der Waals surface area contributed by atoms with E-state index in [1.54, 1.807) is 0 Å². The lowest BCUT2D eigenvalue weighted by Gasteiger charge is -2.39. The predicted octanol–water partition coefficient (Wildman–Crippen LogP) is 0.206. The van der Waals surface area contributed by atoms with E-state index in [0.717, 1.165) is 13.1 Å². The molecule has 0 aromatic heterocycles. The van der Waals surface area contributed by atoms with E-state index in [4.69, 9.17) is 9.47 Å². The minimum atomic E-state index is -0.291. The summed E-state index contributed by atoms with van der Waals surface area (Å²) in [5, 5.41) is 3.12. The molecular weight excluding hydrogens is 220 g/mol. The highest BCUT2D eigenvalue weighted by molar-refractivity contribution is 5.80. The van der Waals surface area contributed by atoms with Crippen molar-refractivity contribution in [2.75, 3.05) is 32.8 Å². The summed E-state index contributed by atoms with van der Waals surface area (Å²) in [6.07, 6.45) is -0.291. The van der Waals surface area contributed by atoms with Crippen LogP contribution in [0, 0.1) is 5.92 Å². The van der Waals surface area contributed by atoms with Gasteiger partial charge in [0, 0.05) is 19.6 Å². The number of nitrogens with one attached hydrogen (secondary N) is 1. The van der Waals surface area contributed by atoms with Gasteiger partial charge in [-0.05, 0) is 20.8 Å². The number of amides is 1. The number of rotatable bonds is 2. The fourth-order valence-electron chi connectivity index (χ4n) is 2.01. The number of hydrogen-bond acceptors (Lipinski definition) is 4. The van der Waals surface area contributed by atoms with E-state index in [9.17, 15) is 4.79 Å². The molecular formula is C12H22N2O3. The molecule has 0 unspecified atom stereocenters. The Morgan fingerprint density at radius 2 is 2.12 bits per heavy atom. The third-order valence-corrected chi connectivity index (χ3v) is 2.96. The normalized spacial score (nSPS) is 26.8. The van der Waals surface area contributed by atoms with Crippen molar-refractivity contribution in [2.24, 2.45) is 5.92 Å². The number of morpholine rings is 1. The van der Waals surface area contributed by atoms with Crippen molar-refractivity contribution < 1.29 is 14.3 Å². The molecule has 2 rings (SSSR count). The molecule has 0 aromatic carbocycles. The van der Waals surface area contributed by atoms with Gasteiger partial charge in [-0.1, -0.05) is 0 Å². The van der Waals surface area contributed by atoms with Gasteiger partial charge in [0.15, 0.2) is 6.29 Å². The lowest BCUT2D eigenvalue weighted by molar-refractivity contribution is -0.223. The number of hydrogen-bond donors (Lipinski definition) is 1. The molecule has 2 aliphatic rings. The maximum Gasteiger partial charge on any atom is 0.228 e. The second kappa shape index (κ2) is 4.92. The second-order valence-electron chi connectivity index (χ2n) is 5.67. The first-order valence-corrected chi connectivity index (χ1v) is 6.24. The summed E-state index contributed by atoms with van der Waals surface area (Å²) < 4.78 is 11.3. The van der Waals surface area contributed by atoms with Crippen LogP contribution >= 0.6 is 0 Å². The van der Waals surface area contributed by atoms with Gasteiger partial charge in [0.2, 0.25) is 5.91 Å². The molecule has 17 heavy (non-hydrogen) atoms. The first-order valence-electron chi connectivity index (χ1n) is 6.24. The van der Waals surface area contributed by atoms with Crippen molar-refractivity contribution in [1.29, 1.82) is 0 Å². The van der Waals surface area contributed by atoms with Gasteiger partial charge in [-0.25, -0.2) is 0 Å². The molecule has 0 spiro atoms. The number of nitrogens with zero attached hydrogens (tertiary/aromatic N) is 1. The molecule has 0 aliphatic carbocycles. The van der Waals surface area contributed by atoms with Crippen molar-refractivity contribution in [2.45, 2.75) is 32.7 Å². The van der Waals surface area contributed by atoms with Gasteiger partial charge in [-0.15, -0.1) is 0 Å². The Balaban J connectivity index is 1.85. The van der Waals surface area contributed by atoms with Crippen LogP contribution in [0.2, 0.25) is 0 Å². The molecule has 2 fully saturated rings. The fraction of sp³-hybridized carbons (Fsp3) is 0.917. The van der Waals surface area contributed by atoms with Gasteiger partial charge in [-0.2, -0.15) is 0 Å². The predicted molar refractivity (Wildman–Crippen MR) is 63.5 cm³/mol. The fourth-order valence-corrected chi connectivity index (χ4v) is 2.01. The molecule has 0 radical (unpaired) electrons. The smallest absolute Gasteiger partial charge is 0.228 e. The van der Waals surface area contributed by atoms with E-state index in [1.807, 2.05) is 25.7 Å². The first-order chi connectivity index (χ1) is 7.96. The van der Waals surface area contributed by atoms with E-state index in [1.165, 1.54) is 0 Å². The zero-order valence-electron chi connectivity index (χ0n) is 10.9. The van der Waals surface area contributed by atoms with Gasteiger partial charge in [0.05, 0.1) is 24.7 Å². The van der Waals surface area contributed by atoms with Crippen molar-refractivity contribution in [3.8, 4) is 0 Å². The summed E-state index contributed by atoms with van der Waals surface area (Å²) >= 11 is 0. The Morgan fingerprint density at radius 1 is 1.41 bits per heavy atom. The molecule has 98 valence electrons. The zero-order chi connectivity index (χ0) is 12.5. The maximum absolute atomic E-state index is 12.1. The molecule has 5 heteroatoms. The highest BCUT2D eigenvalue weighted by atomic mass is 16.7. The quantitative estimate of drug-likeness (QED) is 0.752. The first kappa shape index (κ1) is 12.8. The third kappa shape index (κ3) is 3.40. The lowest BCUT2D eigenvalue weighted by atomic mass is 10.0. The summed E-state index contributed by atoms with van der Waals surface area (Å²) in [6.45, 7) is 9.38. The summed E-state index contributed by atoms with van der Waals surface area (Å²) in [6, 6.07) is 0. The van der Waals surface area contributed by atoms with Crippen LogP contribution in [-0.4, -0.2) is 55.5 Å². The van der Waals surface area contributed by atoms with E-state index < -0.39 is 0 Å². The topological polar surface area (TPSA) is 50.8 Å². The summed E-state index contributed by atoms with van der Waals surface area (Å²) in [7, 11) is 0. The van der Waals surface area contributed by atoms with Gasteiger partial charge in [-0.3, -0.25) is 4.79 Å². The summed E-state index contributed by atoms with van der Waals surface area (Å²) in [4.78, 5) is 13.9. The molecule has 0 bridgehead atoms. The van der Waals surface area contributed by atoms with Gasteiger partial charge in [0.1, 0.15) is 0 Å². The van der Waals surface area contributed by atoms with Gasteiger partial charge in [0.25, 0.3) is 0 Å². The second-order valence-corrected chi connectivity index (χ2v) is 5.67. The molecule has 0 saturated carbocycles. The van der Waals surface area contributed by atoms with Crippen LogP contribution in [-0.2, 0) is 14.3 Å². The molecule has 2 aliphatic heterocycles. The molecule has 1 amide bonds. The zero-order valence-corrected chi connectivity index (χ0v) is 10.9. The summed E-state index contributed by atoms with van der Waals surface area (Å²) in [5.74, 6) is 0.387. The number of carbonyl (C=O) groups excluding carboxylic acids is 1. The maximum atomic E-state index is 12.1. The van der Waals surface area contributed by atoms with Crippen molar-refractivity contribution in [1.82, 2.24) is 10.2 Å². The van der Waals surface area contributed by atoms with Crippen LogP contribution in [0.3, 0.4) is 0 Å². The molecule has 5 nitrogen and oxygen atoms in total. The van der Waals surface area contributed by atoms with Gasteiger partial charge < -0.3 is 19.7 Å². The Labute approximate surface area is 102 Å².